The predicted molar refractivity (Wildman–Crippen MR) is 259 cm³/mol. The quantitative estimate of drug-likeness (QED) is 0.164. The Balaban J connectivity index is 1.34. The van der Waals surface area contributed by atoms with Crippen LogP contribution >= 0.6 is 11.3 Å². The normalized spacial score (nSPS) is 17.7. The van der Waals surface area contributed by atoms with E-state index in [1.54, 1.807) is 0 Å². The van der Waals surface area contributed by atoms with Crippen molar-refractivity contribution in [2.24, 2.45) is 0 Å². The molecule has 0 saturated heterocycles. The number of allylic oxidation sites excluding steroid dienone is 3. The molecule has 4 heteroatoms. The van der Waals surface area contributed by atoms with E-state index in [0.29, 0.717) is 5.92 Å². The van der Waals surface area contributed by atoms with Gasteiger partial charge in [-0.05, 0) is 148 Å². The first-order valence-corrected chi connectivity index (χ1v) is 22.9. The van der Waals surface area contributed by atoms with Crippen LogP contribution in [0.1, 0.15) is 133 Å². The Morgan fingerprint density at radius 3 is 2.05 bits per heavy atom. The van der Waals surface area contributed by atoms with Crippen LogP contribution < -0.4 is 25.5 Å². The molecule has 0 radical (unpaired) electrons. The smallest absolute Gasteiger partial charge is 0.264 e. The van der Waals surface area contributed by atoms with Crippen molar-refractivity contribution in [1.29, 1.82) is 0 Å². The number of anilines is 5. The van der Waals surface area contributed by atoms with E-state index in [-0.39, 0.29) is 23.0 Å². The molecule has 298 valence electrons. The zero-order valence-corrected chi connectivity index (χ0v) is 37.9. The van der Waals surface area contributed by atoms with E-state index >= 15 is 0 Å². The van der Waals surface area contributed by atoms with Gasteiger partial charge in [-0.1, -0.05) is 129 Å². The van der Waals surface area contributed by atoms with Crippen molar-refractivity contribution in [2.45, 2.75) is 124 Å². The number of nitrogens with zero attached hydrogens (tertiary/aromatic N) is 2. The summed E-state index contributed by atoms with van der Waals surface area (Å²) in [5, 5.41) is 1.37. The van der Waals surface area contributed by atoms with Gasteiger partial charge in [-0.3, -0.25) is 0 Å². The van der Waals surface area contributed by atoms with Gasteiger partial charge in [-0.25, -0.2) is 0 Å². The second-order valence-electron chi connectivity index (χ2n) is 20.7. The molecule has 6 aromatic rings. The van der Waals surface area contributed by atoms with Crippen molar-refractivity contribution in [1.82, 2.24) is 0 Å². The molecule has 3 heterocycles. The first-order chi connectivity index (χ1) is 28.0. The summed E-state index contributed by atoms with van der Waals surface area (Å²) in [6.45, 7) is 26.3. The number of thiophene rings is 1. The number of hydrogen-bond acceptors (Lipinski definition) is 3. The van der Waals surface area contributed by atoms with Gasteiger partial charge in [-0.2, -0.15) is 0 Å². The average Bonchev–Trinajstić information content (AvgIpc) is 3.58. The standard InChI is InChI=1S/C55H59BN2S/c1-33(2)37-21-23-44(35(4)29-37)57-46-32-42-41(54(8,9)25-26-55(42,10)11)31-43(46)56-50-47(57)27-34(3)28-48(50)58(45-20-16-15-19-39(45)36-17-13-12-14-18-36)51-40-30-38(53(5,6)7)22-24-49(40)59-52(51)56/h12-14,17-24,27-33H,15-16,25-26H2,1-11H3. The summed E-state index contributed by atoms with van der Waals surface area (Å²) < 4.78 is 2.83. The van der Waals surface area contributed by atoms with Crippen LogP contribution in [0.2, 0.25) is 0 Å². The van der Waals surface area contributed by atoms with Crippen LogP contribution in [0, 0.1) is 13.8 Å². The van der Waals surface area contributed by atoms with Crippen LogP contribution in [0.5, 0.6) is 0 Å². The van der Waals surface area contributed by atoms with Crippen molar-refractivity contribution in [3.05, 3.63) is 148 Å². The van der Waals surface area contributed by atoms with E-state index in [1.807, 2.05) is 11.3 Å². The number of aryl methyl sites for hydroxylation is 2. The number of hydrogen-bond donors (Lipinski definition) is 0. The lowest BCUT2D eigenvalue weighted by Crippen LogP contribution is -2.61. The van der Waals surface area contributed by atoms with Crippen LogP contribution in [-0.4, -0.2) is 6.71 Å². The summed E-state index contributed by atoms with van der Waals surface area (Å²) in [5.41, 5.74) is 22.0. The molecule has 10 rings (SSSR count). The van der Waals surface area contributed by atoms with Crippen molar-refractivity contribution < 1.29 is 0 Å². The summed E-state index contributed by atoms with van der Waals surface area (Å²) in [6.07, 6.45) is 9.48. The van der Waals surface area contributed by atoms with Crippen molar-refractivity contribution in [2.75, 3.05) is 9.80 Å². The third-order valence-corrected chi connectivity index (χ3v) is 15.5. The Bertz CT molecular complexity index is 2770. The van der Waals surface area contributed by atoms with Gasteiger partial charge in [0.25, 0.3) is 6.71 Å². The molecule has 0 spiro atoms. The fraction of sp³-hybridized carbons (Fsp3) is 0.345. The van der Waals surface area contributed by atoms with Crippen LogP contribution in [0.4, 0.5) is 28.4 Å². The topological polar surface area (TPSA) is 6.48 Å². The molecule has 2 nitrogen and oxygen atoms in total. The summed E-state index contributed by atoms with van der Waals surface area (Å²) in [5.74, 6) is 0.469. The third kappa shape index (κ3) is 5.94. The fourth-order valence-corrected chi connectivity index (χ4v) is 12.0. The minimum Gasteiger partial charge on any atom is -0.311 e. The van der Waals surface area contributed by atoms with Gasteiger partial charge in [0.15, 0.2) is 0 Å². The molecular formula is C55H59BN2S. The maximum Gasteiger partial charge on any atom is 0.264 e. The van der Waals surface area contributed by atoms with Gasteiger partial charge in [0.1, 0.15) is 0 Å². The molecule has 2 aliphatic heterocycles. The first kappa shape index (κ1) is 38.4. The Labute approximate surface area is 357 Å². The van der Waals surface area contributed by atoms with E-state index in [9.17, 15) is 0 Å². The minimum atomic E-state index is 0.0295. The van der Waals surface area contributed by atoms with E-state index in [4.69, 9.17) is 0 Å². The molecule has 4 aliphatic rings. The second kappa shape index (κ2) is 13.4. The van der Waals surface area contributed by atoms with Gasteiger partial charge < -0.3 is 9.80 Å². The van der Waals surface area contributed by atoms with Gasteiger partial charge in [0.05, 0.1) is 5.69 Å². The van der Waals surface area contributed by atoms with Crippen LogP contribution in [0.25, 0.3) is 15.7 Å². The first-order valence-electron chi connectivity index (χ1n) is 22.1. The Hall–Kier alpha value is -4.80. The number of fused-ring (bicyclic) bond motifs is 7. The monoisotopic (exact) mass is 790 g/mol. The van der Waals surface area contributed by atoms with E-state index in [1.165, 1.54) is 117 Å². The zero-order chi connectivity index (χ0) is 41.3. The molecule has 0 unspecified atom stereocenters. The van der Waals surface area contributed by atoms with E-state index < -0.39 is 0 Å². The van der Waals surface area contributed by atoms with E-state index in [0.717, 1.165) is 12.8 Å². The van der Waals surface area contributed by atoms with Gasteiger partial charge in [-0.15, -0.1) is 11.3 Å². The minimum absolute atomic E-state index is 0.0295. The van der Waals surface area contributed by atoms with Crippen molar-refractivity contribution in [3.63, 3.8) is 0 Å². The Kier molecular flexibility index (Phi) is 8.69. The fourth-order valence-electron chi connectivity index (χ4n) is 10.7. The highest BCUT2D eigenvalue weighted by molar-refractivity contribution is 7.33. The largest absolute Gasteiger partial charge is 0.311 e. The maximum absolute atomic E-state index is 2.71. The molecule has 0 bridgehead atoms. The summed E-state index contributed by atoms with van der Waals surface area (Å²) in [4.78, 5) is 5.39. The summed E-state index contributed by atoms with van der Waals surface area (Å²) >= 11 is 2.03. The molecule has 0 atom stereocenters. The van der Waals surface area contributed by atoms with Gasteiger partial charge in [0.2, 0.25) is 0 Å². The average molecular weight is 791 g/mol. The number of benzene rings is 5. The lowest BCUT2D eigenvalue weighted by Gasteiger charge is -2.47. The molecular weight excluding hydrogens is 731 g/mol. The molecule has 0 N–H and O–H groups in total. The molecule has 5 aromatic carbocycles. The predicted octanol–water partition coefficient (Wildman–Crippen LogP) is 13.8. The summed E-state index contributed by atoms with van der Waals surface area (Å²) in [7, 11) is 0. The highest BCUT2D eigenvalue weighted by atomic mass is 32.1. The second-order valence-corrected chi connectivity index (χ2v) is 21.8. The molecule has 0 fully saturated rings. The van der Waals surface area contributed by atoms with Crippen molar-refractivity contribution >= 4 is 77.8 Å². The van der Waals surface area contributed by atoms with Crippen LogP contribution in [-0.2, 0) is 16.2 Å². The van der Waals surface area contributed by atoms with Crippen molar-refractivity contribution in [3.8, 4) is 0 Å². The van der Waals surface area contributed by atoms with Gasteiger partial charge in [0, 0.05) is 48.9 Å². The van der Waals surface area contributed by atoms with Crippen LogP contribution in [0.3, 0.4) is 0 Å². The van der Waals surface area contributed by atoms with Gasteiger partial charge >= 0.3 is 0 Å². The van der Waals surface area contributed by atoms with E-state index in [2.05, 4.69) is 189 Å². The molecule has 0 amide bonds. The Morgan fingerprint density at radius 2 is 1.37 bits per heavy atom. The SMILES string of the molecule is Cc1cc2c3c(c1)N(c1ccc(C(C)C)cc1C)c1cc4c(cc1B3c1sc3ccc(C(C)(C)C)cc3c1N2C1=CCCC=C1c1ccccc1)C(C)(C)CCC4(C)C. The highest BCUT2D eigenvalue weighted by Crippen LogP contribution is 2.53. The lowest BCUT2D eigenvalue weighted by atomic mass is 9.35. The maximum atomic E-state index is 2.71. The molecule has 0 saturated carbocycles. The summed E-state index contributed by atoms with van der Waals surface area (Å²) in [6, 6.07) is 36.0. The zero-order valence-electron chi connectivity index (χ0n) is 37.1. The molecule has 2 aliphatic carbocycles. The number of rotatable bonds is 4. The molecule has 1 aromatic heterocycles. The third-order valence-electron chi connectivity index (χ3n) is 14.2. The Morgan fingerprint density at radius 1 is 0.695 bits per heavy atom. The lowest BCUT2D eigenvalue weighted by molar-refractivity contribution is 0.332. The molecule has 59 heavy (non-hydrogen) atoms. The highest BCUT2D eigenvalue weighted by Gasteiger charge is 2.48. The van der Waals surface area contributed by atoms with Crippen LogP contribution in [0.15, 0.2) is 109 Å².